The molecule has 0 saturated carbocycles. The van der Waals surface area contributed by atoms with Crippen LogP contribution in [0.2, 0.25) is 0 Å². The number of aromatic nitrogens is 3. The first-order chi connectivity index (χ1) is 12.7. The van der Waals surface area contributed by atoms with Crippen LogP contribution in [0.5, 0.6) is 0 Å². The number of piperidine rings is 1. The van der Waals surface area contributed by atoms with Crippen LogP contribution in [-0.4, -0.2) is 65.3 Å². The largest absolute Gasteiger partial charge is 0.356 e. The van der Waals surface area contributed by atoms with E-state index in [1.54, 1.807) is 0 Å². The van der Waals surface area contributed by atoms with Crippen molar-refractivity contribution in [3.05, 3.63) is 17.8 Å². The van der Waals surface area contributed by atoms with Gasteiger partial charge in [-0.05, 0) is 39.3 Å². The lowest BCUT2D eigenvalue weighted by Crippen LogP contribution is -2.38. The first kappa shape index (κ1) is 16.3. The van der Waals surface area contributed by atoms with E-state index in [1.165, 1.54) is 25.7 Å². The van der Waals surface area contributed by atoms with E-state index in [9.17, 15) is 0 Å². The van der Waals surface area contributed by atoms with Gasteiger partial charge in [0.25, 0.3) is 0 Å². The Morgan fingerprint density at radius 3 is 2.58 bits per heavy atom. The molecule has 7 nitrogen and oxygen atoms in total. The number of hydrogen-bond acceptors (Lipinski definition) is 6. The van der Waals surface area contributed by atoms with Crippen molar-refractivity contribution in [1.29, 1.82) is 0 Å². The standard InChI is InChI=1S/C19H29N7/c1-23-7-3-2-5-16(23)15-11-18-21-17(24-8-4-9-24)12-19(26(18)22-15)25-10-6-14(20)13-25/h11-12,14,16H,2-10,13,20H2,1H3. The summed E-state index contributed by atoms with van der Waals surface area (Å²) in [7, 11) is 2.22. The van der Waals surface area contributed by atoms with Crippen molar-refractivity contribution < 1.29 is 0 Å². The molecule has 3 saturated heterocycles. The third-order valence-electron chi connectivity index (χ3n) is 6.25. The van der Waals surface area contributed by atoms with Gasteiger partial charge in [-0.3, -0.25) is 4.90 Å². The normalized spacial score (nSPS) is 27.3. The van der Waals surface area contributed by atoms with Gasteiger partial charge in [-0.2, -0.15) is 9.61 Å². The number of nitrogens with zero attached hydrogens (tertiary/aromatic N) is 6. The predicted molar refractivity (Wildman–Crippen MR) is 104 cm³/mol. The molecule has 26 heavy (non-hydrogen) atoms. The van der Waals surface area contributed by atoms with Gasteiger partial charge in [-0.1, -0.05) is 6.42 Å². The lowest BCUT2D eigenvalue weighted by atomic mass is 10.0. The average Bonchev–Trinajstić information content (AvgIpc) is 3.19. The minimum Gasteiger partial charge on any atom is -0.356 e. The smallest absolute Gasteiger partial charge is 0.160 e. The molecule has 140 valence electrons. The van der Waals surface area contributed by atoms with Crippen LogP contribution in [0.1, 0.15) is 43.8 Å². The molecule has 2 atom stereocenters. The van der Waals surface area contributed by atoms with Crippen LogP contribution in [0.3, 0.4) is 0 Å². The van der Waals surface area contributed by atoms with E-state index in [2.05, 4.69) is 38.4 Å². The van der Waals surface area contributed by atoms with Crippen molar-refractivity contribution in [2.75, 3.05) is 49.6 Å². The van der Waals surface area contributed by atoms with Crippen LogP contribution < -0.4 is 15.5 Å². The van der Waals surface area contributed by atoms with E-state index in [-0.39, 0.29) is 6.04 Å². The highest BCUT2D eigenvalue weighted by molar-refractivity contribution is 5.61. The highest BCUT2D eigenvalue weighted by Crippen LogP contribution is 2.32. The van der Waals surface area contributed by atoms with Crippen molar-refractivity contribution in [1.82, 2.24) is 19.5 Å². The summed E-state index contributed by atoms with van der Waals surface area (Å²) in [6.07, 6.45) is 6.05. The number of anilines is 2. The van der Waals surface area contributed by atoms with Crippen molar-refractivity contribution in [3.8, 4) is 0 Å². The molecule has 0 amide bonds. The second-order valence-corrected chi connectivity index (χ2v) is 8.14. The first-order valence-corrected chi connectivity index (χ1v) is 10.1. The Kier molecular flexibility index (Phi) is 4.01. The van der Waals surface area contributed by atoms with Gasteiger partial charge in [-0.25, -0.2) is 4.98 Å². The van der Waals surface area contributed by atoms with Crippen LogP contribution in [0.25, 0.3) is 5.65 Å². The molecule has 5 heterocycles. The summed E-state index contributed by atoms with van der Waals surface area (Å²) in [6.45, 7) is 5.26. The van der Waals surface area contributed by atoms with Crippen LogP contribution >= 0.6 is 0 Å². The predicted octanol–water partition coefficient (Wildman–Crippen LogP) is 1.63. The highest BCUT2D eigenvalue weighted by Gasteiger charge is 2.28. The maximum atomic E-state index is 6.18. The summed E-state index contributed by atoms with van der Waals surface area (Å²) in [4.78, 5) is 12.1. The molecule has 3 aliphatic rings. The van der Waals surface area contributed by atoms with Gasteiger partial charge in [0, 0.05) is 44.4 Å². The van der Waals surface area contributed by atoms with Gasteiger partial charge in [0.2, 0.25) is 0 Å². The van der Waals surface area contributed by atoms with Gasteiger partial charge in [0.05, 0.1) is 11.7 Å². The second kappa shape index (κ2) is 6.39. The molecule has 2 N–H and O–H groups in total. The maximum Gasteiger partial charge on any atom is 0.160 e. The Bertz CT molecular complexity index is 797. The fraction of sp³-hybridized carbons (Fsp3) is 0.684. The minimum atomic E-state index is 0.255. The Balaban J connectivity index is 1.58. The third-order valence-corrected chi connectivity index (χ3v) is 6.25. The van der Waals surface area contributed by atoms with E-state index in [4.69, 9.17) is 15.8 Å². The zero-order valence-electron chi connectivity index (χ0n) is 15.6. The fourth-order valence-electron chi connectivity index (χ4n) is 4.50. The molecular formula is C19H29N7. The summed E-state index contributed by atoms with van der Waals surface area (Å²) in [5.74, 6) is 2.23. The van der Waals surface area contributed by atoms with E-state index in [1.807, 2.05) is 0 Å². The number of nitrogens with two attached hydrogens (primary N) is 1. The van der Waals surface area contributed by atoms with Gasteiger partial charge in [-0.15, -0.1) is 0 Å². The molecule has 2 aromatic rings. The molecule has 0 aromatic carbocycles. The summed E-state index contributed by atoms with van der Waals surface area (Å²) >= 11 is 0. The molecule has 0 spiro atoms. The number of fused-ring (bicyclic) bond motifs is 1. The van der Waals surface area contributed by atoms with Crippen molar-refractivity contribution in [2.24, 2.45) is 5.73 Å². The summed E-state index contributed by atoms with van der Waals surface area (Å²) in [5, 5.41) is 5.01. The Labute approximate surface area is 154 Å². The van der Waals surface area contributed by atoms with Crippen LogP contribution in [0.15, 0.2) is 12.1 Å². The van der Waals surface area contributed by atoms with Crippen molar-refractivity contribution in [3.63, 3.8) is 0 Å². The summed E-state index contributed by atoms with van der Waals surface area (Å²) < 4.78 is 2.05. The number of rotatable bonds is 3. The summed E-state index contributed by atoms with van der Waals surface area (Å²) in [6, 6.07) is 5.08. The van der Waals surface area contributed by atoms with E-state index >= 15 is 0 Å². The summed E-state index contributed by atoms with van der Waals surface area (Å²) in [5.41, 5.74) is 8.31. The molecule has 3 fully saturated rings. The minimum absolute atomic E-state index is 0.255. The molecular weight excluding hydrogens is 326 g/mol. The monoisotopic (exact) mass is 355 g/mol. The maximum absolute atomic E-state index is 6.18. The van der Waals surface area contributed by atoms with Gasteiger partial charge in [0.1, 0.15) is 11.6 Å². The molecule has 7 heteroatoms. The molecule has 0 radical (unpaired) electrons. The highest BCUT2D eigenvalue weighted by atomic mass is 15.4. The topological polar surface area (TPSA) is 65.9 Å². The number of hydrogen-bond donors (Lipinski definition) is 1. The Hall–Kier alpha value is -1.86. The van der Waals surface area contributed by atoms with E-state index in [0.717, 1.165) is 62.1 Å². The van der Waals surface area contributed by atoms with Crippen LogP contribution in [0, 0.1) is 0 Å². The second-order valence-electron chi connectivity index (χ2n) is 8.14. The molecule has 5 rings (SSSR count). The van der Waals surface area contributed by atoms with E-state index < -0.39 is 0 Å². The lowest BCUT2D eigenvalue weighted by molar-refractivity contribution is 0.183. The molecule has 3 aliphatic heterocycles. The average molecular weight is 355 g/mol. The van der Waals surface area contributed by atoms with Crippen LogP contribution in [0.4, 0.5) is 11.6 Å². The van der Waals surface area contributed by atoms with Crippen molar-refractivity contribution in [2.45, 2.75) is 44.2 Å². The van der Waals surface area contributed by atoms with Crippen molar-refractivity contribution >= 4 is 17.3 Å². The molecule has 0 aliphatic carbocycles. The zero-order valence-corrected chi connectivity index (χ0v) is 15.6. The molecule has 2 unspecified atom stereocenters. The van der Waals surface area contributed by atoms with Gasteiger partial charge in [0.15, 0.2) is 5.65 Å². The Morgan fingerprint density at radius 1 is 1.00 bits per heavy atom. The molecule has 0 bridgehead atoms. The fourth-order valence-corrected chi connectivity index (χ4v) is 4.50. The zero-order chi connectivity index (χ0) is 17.7. The first-order valence-electron chi connectivity index (χ1n) is 10.1. The van der Waals surface area contributed by atoms with Crippen LogP contribution in [-0.2, 0) is 0 Å². The molecule has 2 aromatic heterocycles. The SMILES string of the molecule is CN1CCCCC1c1cc2nc(N3CCC3)cc(N3CCC(N)C3)n2n1. The van der Waals surface area contributed by atoms with Gasteiger partial charge < -0.3 is 15.5 Å². The van der Waals surface area contributed by atoms with Gasteiger partial charge >= 0.3 is 0 Å². The quantitative estimate of drug-likeness (QED) is 0.903. The lowest BCUT2D eigenvalue weighted by Gasteiger charge is -2.33. The van der Waals surface area contributed by atoms with E-state index in [0.29, 0.717) is 6.04 Å². The Morgan fingerprint density at radius 2 is 1.88 bits per heavy atom. The number of likely N-dealkylation sites (tertiary alicyclic amines) is 1. The third kappa shape index (κ3) is 2.74.